The quantitative estimate of drug-likeness (QED) is 0.429. The van der Waals surface area contributed by atoms with E-state index in [0.29, 0.717) is 12.2 Å². The van der Waals surface area contributed by atoms with E-state index in [2.05, 4.69) is 12.7 Å². The summed E-state index contributed by atoms with van der Waals surface area (Å²) in [5.41, 5.74) is 4.61. The fraction of sp³-hybridized carbons (Fsp3) is 0.375. The third-order valence-corrected chi connectivity index (χ3v) is 2.56. The Morgan fingerprint density at radius 1 is 1.33 bits per heavy atom. The third kappa shape index (κ3) is 5.03. The topological polar surface area (TPSA) is 26.3 Å². The number of unbranched alkanes of at least 4 members (excludes halogenated alkanes) is 1. The van der Waals surface area contributed by atoms with Gasteiger partial charge in [-0.25, -0.2) is 4.79 Å². The molecule has 0 aromatic heterocycles. The van der Waals surface area contributed by atoms with Gasteiger partial charge in [0.2, 0.25) is 0 Å². The predicted molar refractivity (Wildman–Crippen MR) is 73.0 cm³/mol. The zero-order valence-corrected chi connectivity index (χ0v) is 11.1. The zero-order valence-electron chi connectivity index (χ0n) is 11.1. The first-order valence-corrected chi connectivity index (χ1v) is 6.39. The fourth-order valence-corrected chi connectivity index (χ4v) is 1.57. The van der Waals surface area contributed by atoms with E-state index in [1.807, 2.05) is 37.3 Å². The van der Waals surface area contributed by atoms with Crippen molar-refractivity contribution in [2.75, 3.05) is 0 Å². The molecule has 0 amide bonds. The molecule has 1 aromatic carbocycles. The molecular formula is C16H20O2. The standard InChI is InChI=1S/C16H20O2/c1-3-5-12-15(9-4-2)16(17)18-13-14-10-7-6-8-11-14/h4,6-8,10-11H,3,5,12-13H2,1-2H3. The second-order valence-electron chi connectivity index (χ2n) is 4.08. The summed E-state index contributed by atoms with van der Waals surface area (Å²) in [6, 6.07) is 9.69. The van der Waals surface area contributed by atoms with Crippen molar-refractivity contribution in [2.45, 2.75) is 39.7 Å². The highest BCUT2D eigenvalue weighted by atomic mass is 16.5. The van der Waals surface area contributed by atoms with E-state index in [-0.39, 0.29) is 5.97 Å². The number of carbonyl (C=O) groups is 1. The molecular weight excluding hydrogens is 224 g/mol. The average Bonchev–Trinajstić information content (AvgIpc) is 2.42. The van der Waals surface area contributed by atoms with Gasteiger partial charge in [0.15, 0.2) is 0 Å². The van der Waals surface area contributed by atoms with Crippen molar-refractivity contribution < 1.29 is 9.53 Å². The first-order chi connectivity index (χ1) is 8.77. The van der Waals surface area contributed by atoms with Crippen LogP contribution >= 0.6 is 0 Å². The molecule has 0 bridgehead atoms. The molecule has 0 atom stereocenters. The van der Waals surface area contributed by atoms with Crippen molar-refractivity contribution in [2.24, 2.45) is 0 Å². The molecule has 2 nitrogen and oxygen atoms in total. The summed E-state index contributed by atoms with van der Waals surface area (Å²) in [7, 11) is 0. The number of hydrogen-bond donors (Lipinski definition) is 0. The SMILES string of the molecule is CC=C=C(CCCC)C(=O)OCc1ccccc1. The van der Waals surface area contributed by atoms with Crippen LogP contribution in [0.1, 0.15) is 38.7 Å². The Kier molecular flexibility index (Phi) is 6.60. The van der Waals surface area contributed by atoms with Crippen LogP contribution in [0.5, 0.6) is 0 Å². The second-order valence-corrected chi connectivity index (χ2v) is 4.08. The highest BCUT2D eigenvalue weighted by Gasteiger charge is 2.09. The fourth-order valence-electron chi connectivity index (χ4n) is 1.57. The molecule has 0 radical (unpaired) electrons. The van der Waals surface area contributed by atoms with Gasteiger partial charge in [-0.2, -0.15) is 0 Å². The van der Waals surface area contributed by atoms with Crippen molar-refractivity contribution in [1.29, 1.82) is 0 Å². The number of esters is 1. The molecule has 0 aliphatic carbocycles. The maximum absolute atomic E-state index is 11.9. The summed E-state index contributed by atoms with van der Waals surface area (Å²) in [5.74, 6) is -0.259. The van der Waals surface area contributed by atoms with Gasteiger partial charge in [0.1, 0.15) is 6.61 Å². The van der Waals surface area contributed by atoms with Crippen molar-refractivity contribution >= 4 is 5.97 Å². The van der Waals surface area contributed by atoms with Gasteiger partial charge in [-0.05, 0) is 31.4 Å². The molecule has 18 heavy (non-hydrogen) atoms. The lowest BCUT2D eigenvalue weighted by Crippen LogP contribution is -2.07. The molecule has 1 rings (SSSR count). The molecule has 0 aliphatic rings. The van der Waals surface area contributed by atoms with Crippen LogP contribution < -0.4 is 0 Å². The van der Waals surface area contributed by atoms with Crippen LogP contribution in [0.25, 0.3) is 0 Å². The van der Waals surface area contributed by atoms with Gasteiger partial charge in [0.25, 0.3) is 0 Å². The summed E-state index contributed by atoms with van der Waals surface area (Å²) >= 11 is 0. The summed E-state index contributed by atoms with van der Waals surface area (Å²) in [6.07, 6.45) is 4.53. The van der Waals surface area contributed by atoms with Crippen molar-refractivity contribution in [1.82, 2.24) is 0 Å². The van der Waals surface area contributed by atoms with Gasteiger partial charge >= 0.3 is 5.97 Å². The molecule has 0 N–H and O–H groups in total. The van der Waals surface area contributed by atoms with Crippen LogP contribution in [0.2, 0.25) is 0 Å². The molecule has 0 spiro atoms. The van der Waals surface area contributed by atoms with Crippen LogP contribution in [0.4, 0.5) is 0 Å². The van der Waals surface area contributed by atoms with E-state index >= 15 is 0 Å². The minimum absolute atomic E-state index is 0.259. The molecule has 0 saturated carbocycles. The highest BCUT2D eigenvalue weighted by Crippen LogP contribution is 2.10. The van der Waals surface area contributed by atoms with Crippen LogP contribution in [-0.4, -0.2) is 5.97 Å². The van der Waals surface area contributed by atoms with Gasteiger partial charge in [-0.15, -0.1) is 5.73 Å². The minimum atomic E-state index is -0.259. The molecule has 2 heteroatoms. The predicted octanol–water partition coefficient (Wildman–Crippen LogP) is 4.02. The second kappa shape index (κ2) is 8.32. The summed E-state index contributed by atoms with van der Waals surface area (Å²) < 4.78 is 5.28. The number of carbonyl (C=O) groups excluding carboxylic acids is 1. The van der Waals surface area contributed by atoms with E-state index in [1.54, 1.807) is 6.08 Å². The van der Waals surface area contributed by atoms with Crippen LogP contribution in [0, 0.1) is 0 Å². The van der Waals surface area contributed by atoms with Crippen LogP contribution in [0.3, 0.4) is 0 Å². The van der Waals surface area contributed by atoms with Crippen molar-refractivity contribution in [3.05, 3.63) is 53.3 Å². The van der Waals surface area contributed by atoms with Crippen molar-refractivity contribution in [3.8, 4) is 0 Å². The van der Waals surface area contributed by atoms with Gasteiger partial charge in [-0.3, -0.25) is 0 Å². The first kappa shape index (κ1) is 14.3. The van der Waals surface area contributed by atoms with E-state index in [0.717, 1.165) is 24.8 Å². The van der Waals surface area contributed by atoms with Crippen molar-refractivity contribution in [3.63, 3.8) is 0 Å². The number of rotatable bonds is 6. The molecule has 0 fully saturated rings. The molecule has 1 aromatic rings. The van der Waals surface area contributed by atoms with Gasteiger partial charge < -0.3 is 4.74 Å². The van der Waals surface area contributed by atoms with Gasteiger partial charge in [-0.1, -0.05) is 43.7 Å². The summed E-state index contributed by atoms with van der Waals surface area (Å²) in [6.45, 7) is 4.28. The monoisotopic (exact) mass is 244 g/mol. The van der Waals surface area contributed by atoms with E-state index in [9.17, 15) is 4.79 Å². The minimum Gasteiger partial charge on any atom is -0.457 e. The highest BCUT2D eigenvalue weighted by molar-refractivity contribution is 5.88. The van der Waals surface area contributed by atoms with Crippen LogP contribution in [-0.2, 0) is 16.1 Å². The molecule has 0 aliphatic heterocycles. The Morgan fingerprint density at radius 2 is 2.06 bits per heavy atom. The Morgan fingerprint density at radius 3 is 2.67 bits per heavy atom. The summed E-state index contributed by atoms with van der Waals surface area (Å²) in [5, 5.41) is 0. The van der Waals surface area contributed by atoms with Crippen LogP contribution in [0.15, 0.2) is 47.7 Å². The normalized spacial score (nSPS) is 9.44. The Hall–Kier alpha value is -1.79. The molecule has 0 unspecified atom stereocenters. The molecule has 0 saturated heterocycles. The first-order valence-electron chi connectivity index (χ1n) is 6.39. The maximum Gasteiger partial charge on any atom is 0.342 e. The number of benzene rings is 1. The average molecular weight is 244 g/mol. The third-order valence-electron chi connectivity index (χ3n) is 2.56. The largest absolute Gasteiger partial charge is 0.457 e. The number of hydrogen-bond acceptors (Lipinski definition) is 2. The van der Waals surface area contributed by atoms with E-state index < -0.39 is 0 Å². The van der Waals surface area contributed by atoms with E-state index in [4.69, 9.17) is 4.74 Å². The number of ether oxygens (including phenoxy) is 1. The lowest BCUT2D eigenvalue weighted by atomic mass is 10.1. The molecule has 96 valence electrons. The maximum atomic E-state index is 11.9. The zero-order chi connectivity index (χ0) is 13.2. The summed E-state index contributed by atoms with van der Waals surface area (Å²) in [4.78, 5) is 11.9. The van der Waals surface area contributed by atoms with Gasteiger partial charge in [0, 0.05) is 0 Å². The Bertz CT molecular complexity index is 426. The van der Waals surface area contributed by atoms with E-state index in [1.165, 1.54) is 0 Å². The smallest absolute Gasteiger partial charge is 0.342 e. The molecule has 0 heterocycles. The lowest BCUT2D eigenvalue weighted by molar-refractivity contribution is -0.140. The Labute approximate surface area is 109 Å². The van der Waals surface area contributed by atoms with Gasteiger partial charge in [0.05, 0.1) is 5.57 Å². The Balaban J connectivity index is 2.55. The lowest BCUT2D eigenvalue weighted by Gasteiger charge is -2.06.